The first-order chi connectivity index (χ1) is 20.7. The highest BCUT2D eigenvalue weighted by Crippen LogP contribution is 2.37. The number of amides is 1. The Morgan fingerprint density at radius 3 is 1.88 bits per heavy atom. The minimum atomic E-state index is -0.414. The lowest BCUT2D eigenvalue weighted by molar-refractivity contribution is 0.102. The zero-order valence-corrected chi connectivity index (χ0v) is 22.7. The number of carbonyl (C=O) groups excluding carboxylic acids is 1. The molecule has 1 N–H and O–H groups in total. The van der Waals surface area contributed by atoms with Gasteiger partial charge in [0.05, 0.1) is 5.39 Å². The van der Waals surface area contributed by atoms with Crippen LogP contribution in [-0.2, 0) is 13.2 Å². The summed E-state index contributed by atoms with van der Waals surface area (Å²) in [5, 5.41) is 3.18. The number of hydrogen-bond acceptors (Lipinski definition) is 5. The van der Waals surface area contributed by atoms with Gasteiger partial charge < -0.3 is 19.2 Å². The number of ether oxygens (including phenoxy) is 2. The van der Waals surface area contributed by atoms with E-state index in [4.69, 9.17) is 13.9 Å². The molecule has 6 heteroatoms. The van der Waals surface area contributed by atoms with Gasteiger partial charge in [0.2, 0.25) is 5.43 Å². The van der Waals surface area contributed by atoms with Crippen LogP contribution in [-0.4, -0.2) is 5.91 Å². The Balaban J connectivity index is 1.41. The normalized spacial score (nSPS) is 10.8. The molecule has 0 fully saturated rings. The smallest absolute Gasteiger partial charge is 0.255 e. The third-order valence-corrected chi connectivity index (χ3v) is 6.75. The van der Waals surface area contributed by atoms with Crippen LogP contribution in [0.15, 0.2) is 143 Å². The molecule has 206 valence electrons. The van der Waals surface area contributed by atoms with Crippen LogP contribution in [0, 0.1) is 0 Å². The molecule has 6 rings (SSSR count). The molecule has 0 radical (unpaired) electrons. The first-order valence-electron chi connectivity index (χ1n) is 13.6. The molecule has 1 heterocycles. The number of anilines is 1. The Hall–Kier alpha value is -5.62. The van der Waals surface area contributed by atoms with Gasteiger partial charge in [-0.25, -0.2) is 0 Å². The molecule has 5 aromatic carbocycles. The van der Waals surface area contributed by atoms with Crippen molar-refractivity contribution in [3.8, 4) is 22.8 Å². The zero-order valence-electron chi connectivity index (χ0n) is 22.7. The molecule has 0 bridgehead atoms. The van der Waals surface area contributed by atoms with Crippen molar-refractivity contribution in [3.05, 3.63) is 160 Å². The molecule has 1 aromatic heterocycles. The number of nitrogens with one attached hydrogen (secondary N) is 1. The van der Waals surface area contributed by atoms with Crippen molar-refractivity contribution in [3.63, 3.8) is 0 Å². The van der Waals surface area contributed by atoms with E-state index >= 15 is 0 Å². The number of para-hydroxylation sites is 1. The van der Waals surface area contributed by atoms with Gasteiger partial charge in [0.25, 0.3) is 5.91 Å². The van der Waals surface area contributed by atoms with Crippen LogP contribution in [0.25, 0.3) is 22.3 Å². The van der Waals surface area contributed by atoms with Gasteiger partial charge in [0.15, 0.2) is 17.3 Å². The lowest BCUT2D eigenvalue weighted by Gasteiger charge is -2.16. The molecule has 42 heavy (non-hydrogen) atoms. The molecular formula is C36H27NO5. The first kappa shape index (κ1) is 26.6. The molecule has 0 aliphatic carbocycles. The molecule has 0 saturated carbocycles. The fourth-order valence-electron chi connectivity index (χ4n) is 4.59. The molecule has 6 aromatic rings. The number of hydrogen-bond donors (Lipinski definition) is 1. The molecule has 0 saturated heterocycles. The Morgan fingerprint density at radius 2 is 1.21 bits per heavy atom. The van der Waals surface area contributed by atoms with E-state index in [1.165, 1.54) is 0 Å². The van der Waals surface area contributed by atoms with Gasteiger partial charge in [-0.3, -0.25) is 9.59 Å². The van der Waals surface area contributed by atoms with Gasteiger partial charge >= 0.3 is 0 Å². The summed E-state index contributed by atoms with van der Waals surface area (Å²) >= 11 is 0. The van der Waals surface area contributed by atoms with Gasteiger partial charge in [0, 0.05) is 11.1 Å². The van der Waals surface area contributed by atoms with Gasteiger partial charge in [-0.2, -0.15) is 0 Å². The Kier molecular flexibility index (Phi) is 7.77. The van der Waals surface area contributed by atoms with E-state index in [2.05, 4.69) is 5.32 Å². The highest BCUT2D eigenvalue weighted by molar-refractivity contribution is 6.06. The summed E-state index contributed by atoms with van der Waals surface area (Å²) in [7, 11) is 0. The molecule has 0 aliphatic heterocycles. The number of carbonyl (C=O) groups is 1. The Bertz CT molecular complexity index is 1880. The van der Waals surface area contributed by atoms with Crippen molar-refractivity contribution >= 4 is 22.6 Å². The first-order valence-corrected chi connectivity index (χ1v) is 13.6. The van der Waals surface area contributed by atoms with Crippen molar-refractivity contribution < 1.29 is 18.7 Å². The third-order valence-electron chi connectivity index (χ3n) is 6.75. The minimum absolute atomic E-state index is 0.0505. The molecule has 6 nitrogen and oxygen atoms in total. The van der Waals surface area contributed by atoms with E-state index in [1.807, 2.05) is 66.7 Å². The number of rotatable bonds is 9. The van der Waals surface area contributed by atoms with E-state index in [1.54, 1.807) is 66.7 Å². The van der Waals surface area contributed by atoms with Crippen molar-refractivity contribution in [1.82, 2.24) is 0 Å². The molecule has 0 atom stereocenters. The van der Waals surface area contributed by atoms with Crippen molar-refractivity contribution in [2.24, 2.45) is 0 Å². The maximum absolute atomic E-state index is 13.7. The topological polar surface area (TPSA) is 77.8 Å². The fraction of sp³-hybridized carbons (Fsp3) is 0.0556. The van der Waals surface area contributed by atoms with Crippen molar-refractivity contribution in [2.45, 2.75) is 13.2 Å². The second-order valence-electron chi connectivity index (χ2n) is 9.66. The van der Waals surface area contributed by atoms with Crippen LogP contribution >= 0.6 is 0 Å². The molecule has 0 unspecified atom stereocenters. The standard InChI is InChI=1S/C36H27NO5/c38-34-29-18-10-11-19-30(29)42-35(33(34)37-36(39)27-16-8-3-9-17-27)28-20-21-31(40-23-25-12-4-1-5-13-25)32(22-28)41-24-26-14-6-2-7-15-26/h1-22H,23-24H2,(H,37,39). The summed E-state index contributed by atoms with van der Waals surface area (Å²) in [6.45, 7) is 0.663. The second kappa shape index (κ2) is 12.3. The van der Waals surface area contributed by atoms with E-state index in [0.717, 1.165) is 11.1 Å². The Morgan fingerprint density at radius 1 is 0.643 bits per heavy atom. The number of benzene rings is 5. The highest BCUT2D eigenvalue weighted by Gasteiger charge is 2.21. The van der Waals surface area contributed by atoms with Crippen LogP contribution < -0.4 is 20.2 Å². The predicted octanol–water partition coefficient (Wildman–Crippen LogP) is 7.87. The van der Waals surface area contributed by atoms with E-state index in [0.29, 0.717) is 46.8 Å². The summed E-state index contributed by atoms with van der Waals surface area (Å²) in [5.74, 6) is 0.824. The monoisotopic (exact) mass is 553 g/mol. The van der Waals surface area contributed by atoms with Gasteiger partial charge in [0.1, 0.15) is 24.5 Å². The minimum Gasteiger partial charge on any atom is -0.485 e. The summed E-state index contributed by atoms with van der Waals surface area (Å²) in [4.78, 5) is 26.8. The van der Waals surface area contributed by atoms with Crippen molar-refractivity contribution in [1.29, 1.82) is 0 Å². The van der Waals surface area contributed by atoms with Gasteiger partial charge in [-0.1, -0.05) is 91.0 Å². The van der Waals surface area contributed by atoms with E-state index in [9.17, 15) is 9.59 Å². The lowest BCUT2D eigenvalue weighted by Crippen LogP contribution is -2.19. The lowest BCUT2D eigenvalue weighted by atomic mass is 10.1. The van der Waals surface area contributed by atoms with Crippen LogP contribution in [0.2, 0.25) is 0 Å². The zero-order chi connectivity index (χ0) is 28.7. The average Bonchev–Trinajstić information content (AvgIpc) is 3.05. The fourth-order valence-corrected chi connectivity index (χ4v) is 4.59. The summed E-state index contributed by atoms with van der Waals surface area (Å²) in [5.41, 5.74) is 3.10. The molecular weight excluding hydrogens is 526 g/mol. The highest BCUT2D eigenvalue weighted by atomic mass is 16.5. The van der Waals surface area contributed by atoms with Gasteiger partial charge in [-0.05, 0) is 53.6 Å². The summed E-state index contributed by atoms with van der Waals surface area (Å²) in [6.07, 6.45) is 0. The van der Waals surface area contributed by atoms with Crippen molar-refractivity contribution in [2.75, 3.05) is 5.32 Å². The van der Waals surface area contributed by atoms with Crippen LogP contribution in [0.3, 0.4) is 0 Å². The average molecular weight is 554 g/mol. The van der Waals surface area contributed by atoms with Crippen LogP contribution in [0.4, 0.5) is 5.69 Å². The maximum Gasteiger partial charge on any atom is 0.255 e. The number of fused-ring (bicyclic) bond motifs is 1. The second-order valence-corrected chi connectivity index (χ2v) is 9.66. The summed E-state index contributed by atoms with van der Waals surface area (Å²) < 4.78 is 18.7. The summed E-state index contributed by atoms with van der Waals surface area (Å²) in [6, 6.07) is 40.7. The Labute approximate surface area is 242 Å². The van der Waals surface area contributed by atoms with Gasteiger partial charge in [-0.15, -0.1) is 0 Å². The quantitative estimate of drug-likeness (QED) is 0.197. The maximum atomic E-state index is 13.7. The van der Waals surface area contributed by atoms with Crippen LogP contribution in [0.5, 0.6) is 11.5 Å². The predicted molar refractivity (Wildman–Crippen MR) is 164 cm³/mol. The molecule has 0 aliphatic rings. The third kappa shape index (κ3) is 5.93. The SMILES string of the molecule is O=C(Nc1c(-c2ccc(OCc3ccccc3)c(OCc3ccccc3)c2)oc2ccccc2c1=O)c1ccccc1. The van der Waals surface area contributed by atoms with Crippen LogP contribution in [0.1, 0.15) is 21.5 Å². The van der Waals surface area contributed by atoms with E-state index < -0.39 is 5.91 Å². The molecule has 1 amide bonds. The van der Waals surface area contributed by atoms with E-state index in [-0.39, 0.29) is 16.9 Å². The molecule has 0 spiro atoms. The largest absolute Gasteiger partial charge is 0.485 e.